The van der Waals surface area contributed by atoms with E-state index in [-0.39, 0.29) is 12.1 Å². The molecule has 0 aromatic heterocycles. The van der Waals surface area contributed by atoms with E-state index >= 15 is 0 Å². The predicted molar refractivity (Wildman–Crippen MR) is 86.2 cm³/mol. The Morgan fingerprint density at radius 2 is 2.05 bits per heavy atom. The summed E-state index contributed by atoms with van der Waals surface area (Å²) in [6.45, 7) is 8.08. The lowest BCUT2D eigenvalue weighted by Crippen LogP contribution is -2.46. The molecule has 0 saturated carbocycles. The number of hydrogen-bond acceptors (Lipinski definition) is 3. The molecular weight excluding hydrogens is 272 g/mol. The van der Waals surface area contributed by atoms with Crippen LogP contribution in [0.2, 0.25) is 5.02 Å². The monoisotopic (exact) mass is 298 g/mol. The normalized spacial score (nSPS) is 16.1. The van der Waals surface area contributed by atoms with Gasteiger partial charge in [-0.05, 0) is 37.6 Å². The number of ether oxygens (including phenoxy) is 1. The lowest BCUT2D eigenvalue weighted by molar-refractivity contribution is 0.0628. The van der Waals surface area contributed by atoms with Crippen LogP contribution in [-0.4, -0.2) is 37.2 Å². The topological polar surface area (TPSA) is 38.5 Å². The average Bonchev–Trinajstić information content (AvgIpc) is 2.43. The molecule has 1 rings (SSSR count). The van der Waals surface area contributed by atoms with Crippen molar-refractivity contribution in [2.75, 3.05) is 20.3 Å². The van der Waals surface area contributed by atoms with Gasteiger partial charge >= 0.3 is 0 Å². The van der Waals surface area contributed by atoms with Gasteiger partial charge < -0.3 is 10.5 Å². The van der Waals surface area contributed by atoms with Crippen LogP contribution in [0, 0.1) is 0 Å². The van der Waals surface area contributed by atoms with Crippen LogP contribution < -0.4 is 5.73 Å². The molecule has 114 valence electrons. The second-order valence-electron chi connectivity index (χ2n) is 5.21. The number of nitrogens with zero attached hydrogens (tertiary/aromatic N) is 1. The van der Waals surface area contributed by atoms with Crippen LogP contribution in [0.15, 0.2) is 24.3 Å². The Hall–Kier alpha value is -0.610. The molecule has 0 bridgehead atoms. The first-order valence-corrected chi connectivity index (χ1v) is 7.68. The van der Waals surface area contributed by atoms with E-state index in [1.54, 1.807) is 7.11 Å². The van der Waals surface area contributed by atoms with Gasteiger partial charge in [0.2, 0.25) is 0 Å². The summed E-state index contributed by atoms with van der Waals surface area (Å²) < 4.78 is 5.30. The third kappa shape index (κ3) is 4.45. The Labute approximate surface area is 128 Å². The highest BCUT2D eigenvalue weighted by atomic mass is 35.5. The van der Waals surface area contributed by atoms with Gasteiger partial charge in [0.1, 0.15) is 0 Å². The highest BCUT2D eigenvalue weighted by Gasteiger charge is 2.28. The van der Waals surface area contributed by atoms with E-state index in [1.165, 1.54) is 5.56 Å². The summed E-state index contributed by atoms with van der Waals surface area (Å²) in [4.78, 5) is 2.39. The summed E-state index contributed by atoms with van der Waals surface area (Å²) >= 11 is 6.14. The van der Waals surface area contributed by atoms with Crippen molar-refractivity contribution in [3.63, 3.8) is 0 Å². The van der Waals surface area contributed by atoms with Gasteiger partial charge in [0.15, 0.2) is 0 Å². The number of methoxy groups -OCH3 is 1. The summed E-state index contributed by atoms with van der Waals surface area (Å²) in [5, 5.41) is 0.756. The molecule has 3 atom stereocenters. The molecule has 1 aromatic rings. The lowest BCUT2D eigenvalue weighted by Gasteiger charge is -2.39. The van der Waals surface area contributed by atoms with Gasteiger partial charge in [-0.15, -0.1) is 0 Å². The number of nitrogens with two attached hydrogens (primary N) is 1. The Morgan fingerprint density at radius 3 is 2.55 bits per heavy atom. The first-order chi connectivity index (χ1) is 9.54. The second-order valence-corrected chi connectivity index (χ2v) is 5.64. The maximum Gasteiger partial charge on any atom is 0.0615 e. The minimum Gasteiger partial charge on any atom is -0.383 e. The molecule has 0 aliphatic carbocycles. The fourth-order valence-corrected chi connectivity index (χ4v) is 2.92. The van der Waals surface area contributed by atoms with Crippen LogP contribution in [0.4, 0.5) is 0 Å². The van der Waals surface area contributed by atoms with Crippen molar-refractivity contribution >= 4 is 11.6 Å². The third-order valence-corrected chi connectivity index (χ3v) is 4.00. The molecule has 2 N–H and O–H groups in total. The standard InChI is InChI=1S/C16H27ClN2O/c1-5-15(18)16(13-8-7-9-14(17)10-13)19(6-2)12(3)11-20-4/h7-10,12,15-16H,5-6,11,18H2,1-4H3. The van der Waals surface area contributed by atoms with Gasteiger partial charge in [-0.1, -0.05) is 37.6 Å². The second kappa shape index (κ2) is 8.63. The molecule has 0 fully saturated rings. The van der Waals surface area contributed by atoms with Crippen LogP contribution in [-0.2, 0) is 4.74 Å². The number of likely N-dealkylation sites (N-methyl/N-ethyl adjacent to an activating group) is 1. The third-order valence-electron chi connectivity index (χ3n) is 3.76. The summed E-state index contributed by atoms with van der Waals surface area (Å²) in [5.74, 6) is 0. The SMILES string of the molecule is CCC(N)C(c1cccc(Cl)c1)N(CC)C(C)COC. The molecular formula is C16H27ClN2O. The van der Waals surface area contributed by atoms with Crippen LogP contribution in [0.25, 0.3) is 0 Å². The van der Waals surface area contributed by atoms with E-state index in [0.29, 0.717) is 12.6 Å². The molecule has 0 spiro atoms. The molecule has 0 aliphatic heterocycles. The van der Waals surface area contributed by atoms with Crippen LogP contribution in [0.3, 0.4) is 0 Å². The highest BCUT2D eigenvalue weighted by molar-refractivity contribution is 6.30. The molecule has 0 heterocycles. The molecule has 3 nitrogen and oxygen atoms in total. The number of halogens is 1. The highest BCUT2D eigenvalue weighted by Crippen LogP contribution is 2.28. The van der Waals surface area contributed by atoms with E-state index in [2.05, 4.69) is 31.7 Å². The minimum atomic E-state index is 0.0766. The van der Waals surface area contributed by atoms with Gasteiger partial charge in [0, 0.05) is 24.2 Å². The summed E-state index contributed by atoms with van der Waals surface area (Å²) in [6.07, 6.45) is 0.924. The van der Waals surface area contributed by atoms with Crippen LogP contribution >= 0.6 is 11.6 Å². The number of rotatable bonds is 8. The molecule has 1 aromatic carbocycles. The van der Waals surface area contributed by atoms with Crippen molar-refractivity contribution in [1.82, 2.24) is 4.90 Å². The molecule has 0 saturated heterocycles. The van der Waals surface area contributed by atoms with Gasteiger partial charge in [-0.3, -0.25) is 4.90 Å². The number of benzene rings is 1. The Bertz CT molecular complexity index is 400. The number of hydrogen-bond donors (Lipinski definition) is 1. The van der Waals surface area contributed by atoms with Crippen LogP contribution in [0.1, 0.15) is 38.8 Å². The van der Waals surface area contributed by atoms with Gasteiger partial charge in [-0.2, -0.15) is 0 Å². The zero-order valence-corrected chi connectivity index (χ0v) is 13.7. The van der Waals surface area contributed by atoms with E-state index in [9.17, 15) is 0 Å². The quantitative estimate of drug-likeness (QED) is 0.798. The van der Waals surface area contributed by atoms with Crippen molar-refractivity contribution in [3.05, 3.63) is 34.9 Å². The largest absolute Gasteiger partial charge is 0.383 e. The van der Waals surface area contributed by atoms with E-state index < -0.39 is 0 Å². The zero-order chi connectivity index (χ0) is 15.1. The van der Waals surface area contributed by atoms with E-state index in [0.717, 1.165) is 18.0 Å². The lowest BCUT2D eigenvalue weighted by atomic mass is 9.95. The molecule has 0 radical (unpaired) electrons. The van der Waals surface area contributed by atoms with Crippen LogP contribution in [0.5, 0.6) is 0 Å². The summed E-state index contributed by atoms with van der Waals surface area (Å²) in [6, 6.07) is 8.56. The Balaban J connectivity index is 3.10. The van der Waals surface area contributed by atoms with Crippen molar-refractivity contribution in [3.8, 4) is 0 Å². The Morgan fingerprint density at radius 1 is 1.35 bits per heavy atom. The maximum atomic E-state index is 6.38. The van der Waals surface area contributed by atoms with Gasteiger partial charge in [-0.25, -0.2) is 0 Å². The van der Waals surface area contributed by atoms with Crippen molar-refractivity contribution in [2.24, 2.45) is 5.73 Å². The summed E-state index contributed by atoms with van der Waals surface area (Å²) in [5.41, 5.74) is 7.56. The predicted octanol–water partition coefficient (Wildman–Crippen LogP) is 3.48. The van der Waals surface area contributed by atoms with Crippen molar-refractivity contribution in [1.29, 1.82) is 0 Å². The van der Waals surface area contributed by atoms with Crippen molar-refractivity contribution in [2.45, 2.75) is 45.3 Å². The first-order valence-electron chi connectivity index (χ1n) is 7.30. The fourth-order valence-electron chi connectivity index (χ4n) is 2.72. The maximum absolute atomic E-state index is 6.38. The van der Waals surface area contributed by atoms with Gasteiger partial charge in [0.05, 0.1) is 12.6 Å². The smallest absolute Gasteiger partial charge is 0.0615 e. The summed E-state index contributed by atoms with van der Waals surface area (Å²) in [7, 11) is 1.73. The molecule has 0 amide bonds. The molecule has 0 aliphatic rings. The zero-order valence-electron chi connectivity index (χ0n) is 13.0. The fraction of sp³-hybridized carbons (Fsp3) is 0.625. The molecule has 20 heavy (non-hydrogen) atoms. The molecule has 4 heteroatoms. The van der Waals surface area contributed by atoms with E-state index in [4.69, 9.17) is 22.1 Å². The Kier molecular flexibility index (Phi) is 7.52. The van der Waals surface area contributed by atoms with Crippen molar-refractivity contribution < 1.29 is 4.74 Å². The van der Waals surface area contributed by atoms with Gasteiger partial charge in [0.25, 0.3) is 0 Å². The first kappa shape index (κ1) is 17.4. The molecule has 3 unspecified atom stereocenters. The van der Waals surface area contributed by atoms with E-state index in [1.807, 2.05) is 18.2 Å². The average molecular weight is 299 g/mol. The minimum absolute atomic E-state index is 0.0766.